The van der Waals surface area contributed by atoms with E-state index in [9.17, 15) is 9.59 Å². The van der Waals surface area contributed by atoms with Gasteiger partial charge < -0.3 is 9.47 Å². The van der Waals surface area contributed by atoms with Crippen LogP contribution in [0.4, 0.5) is 5.95 Å². The van der Waals surface area contributed by atoms with E-state index in [0.717, 1.165) is 21.8 Å². The molecular weight excluding hydrogens is 378 g/mol. The molecule has 2 heterocycles. The van der Waals surface area contributed by atoms with Crippen LogP contribution in [0.15, 0.2) is 48.8 Å². The van der Waals surface area contributed by atoms with Crippen molar-refractivity contribution < 1.29 is 19.1 Å². The highest BCUT2D eigenvalue weighted by Gasteiger charge is 2.22. The van der Waals surface area contributed by atoms with Crippen molar-refractivity contribution in [1.29, 1.82) is 0 Å². The quantitative estimate of drug-likeness (QED) is 0.638. The number of amides is 1. The molecule has 8 heteroatoms. The van der Waals surface area contributed by atoms with E-state index in [-0.39, 0.29) is 5.95 Å². The molecule has 1 unspecified atom stereocenters. The Morgan fingerprint density at radius 2 is 1.82 bits per heavy atom. The molecule has 7 nitrogen and oxygen atoms in total. The Morgan fingerprint density at radius 1 is 1.14 bits per heavy atom. The molecule has 0 radical (unpaired) electrons. The summed E-state index contributed by atoms with van der Waals surface area (Å²) >= 11 is 1.32. The molecule has 2 aromatic heterocycles. The van der Waals surface area contributed by atoms with E-state index in [2.05, 4.69) is 15.3 Å². The van der Waals surface area contributed by atoms with E-state index in [4.69, 9.17) is 9.47 Å². The van der Waals surface area contributed by atoms with Crippen molar-refractivity contribution in [3.63, 3.8) is 0 Å². The average Bonchev–Trinajstić information content (AvgIpc) is 3.10. The van der Waals surface area contributed by atoms with Crippen molar-refractivity contribution in [3.05, 3.63) is 58.5 Å². The topological polar surface area (TPSA) is 90.4 Å². The second-order valence-corrected chi connectivity index (χ2v) is 7.17. The Morgan fingerprint density at radius 3 is 2.46 bits per heavy atom. The number of carbonyl (C=O) groups is 2. The summed E-state index contributed by atoms with van der Waals surface area (Å²) in [5.74, 6) is -0.129. The summed E-state index contributed by atoms with van der Waals surface area (Å²) in [7, 11) is 1.61. The van der Waals surface area contributed by atoms with Crippen molar-refractivity contribution in [1.82, 2.24) is 9.97 Å². The molecule has 3 aromatic rings. The maximum absolute atomic E-state index is 12.5. The summed E-state index contributed by atoms with van der Waals surface area (Å²) in [4.78, 5) is 33.8. The van der Waals surface area contributed by atoms with Gasteiger partial charge in [0, 0.05) is 17.3 Å². The van der Waals surface area contributed by atoms with Gasteiger partial charge in [-0.15, -0.1) is 11.3 Å². The molecule has 1 aromatic carbocycles. The Bertz CT molecular complexity index is 971. The number of benzene rings is 1. The zero-order valence-electron chi connectivity index (χ0n) is 15.6. The predicted octanol–water partition coefficient (Wildman–Crippen LogP) is 3.71. The molecule has 1 N–H and O–H groups in total. The largest absolute Gasteiger partial charge is 0.497 e. The zero-order valence-corrected chi connectivity index (χ0v) is 16.4. The van der Waals surface area contributed by atoms with Crippen molar-refractivity contribution >= 4 is 29.2 Å². The van der Waals surface area contributed by atoms with Gasteiger partial charge in [-0.05, 0) is 49.2 Å². The minimum Gasteiger partial charge on any atom is -0.497 e. The first kappa shape index (κ1) is 19.5. The molecule has 1 amide bonds. The Balaban J connectivity index is 1.68. The number of aryl methyl sites for hydroxylation is 1. The number of methoxy groups -OCH3 is 1. The van der Waals surface area contributed by atoms with E-state index >= 15 is 0 Å². The number of rotatable bonds is 6. The highest BCUT2D eigenvalue weighted by molar-refractivity contribution is 7.14. The molecule has 0 spiro atoms. The first-order chi connectivity index (χ1) is 13.5. The smallest absolute Gasteiger partial charge is 0.349 e. The number of nitrogens with zero attached hydrogens (tertiary/aromatic N) is 2. The molecule has 144 valence electrons. The van der Waals surface area contributed by atoms with Crippen LogP contribution in [0, 0.1) is 6.92 Å². The molecule has 28 heavy (non-hydrogen) atoms. The SMILES string of the molecule is COc1ccc(-c2cc(C(=O)OC(C)C(=O)Nc3ncccn3)sc2C)cc1. The first-order valence-corrected chi connectivity index (χ1v) is 9.33. The van der Waals surface area contributed by atoms with E-state index in [1.807, 2.05) is 31.2 Å². The fraction of sp³-hybridized carbons (Fsp3) is 0.200. The Labute approximate surface area is 166 Å². The molecule has 0 aliphatic rings. The minimum absolute atomic E-state index is 0.157. The minimum atomic E-state index is -0.983. The van der Waals surface area contributed by atoms with Gasteiger partial charge in [0.15, 0.2) is 6.10 Å². The van der Waals surface area contributed by atoms with Crippen molar-refractivity contribution in [3.8, 4) is 16.9 Å². The predicted molar refractivity (Wildman–Crippen MR) is 107 cm³/mol. The van der Waals surface area contributed by atoms with Crippen molar-refractivity contribution in [2.24, 2.45) is 0 Å². The molecule has 0 aliphatic carbocycles. The van der Waals surface area contributed by atoms with Crippen LogP contribution in [0.5, 0.6) is 5.75 Å². The Kier molecular flexibility index (Phi) is 6.00. The van der Waals surface area contributed by atoms with Crippen LogP contribution in [0.25, 0.3) is 11.1 Å². The molecule has 0 aliphatic heterocycles. The molecule has 1 atom stereocenters. The fourth-order valence-electron chi connectivity index (χ4n) is 2.49. The molecular formula is C20H19N3O4S. The third-order valence-corrected chi connectivity index (χ3v) is 5.00. The van der Waals surface area contributed by atoms with E-state index in [0.29, 0.717) is 4.88 Å². The zero-order chi connectivity index (χ0) is 20.1. The maximum Gasteiger partial charge on any atom is 0.349 e. The van der Waals surface area contributed by atoms with Crippen LogP contribution < -0.4 is 10.1 Å². The third kappa shape index (κ3) is 4.52. The summed E-state index contributed by atoms with van der Waals surface area (Å²) in [5, 5.41) is 2.50. The first-order valence-electron chi connectivity index (χ1n) is 8.51. The highest BCUT2D eigenvalue weighted by atomic mass is 32.1. The average molecular weight is 397 g/mol. The van der Waals surface area contributed by atoms with Crippen LogP contribution >= 0.6 is 11.3 Å². The number of esters is 1. The summed E-state index contributed by atoms with van der Waals surface area (Å²) in [5.41, 5.74) is 1.91. The van der Waals surface area contributed by atoms with Gasteiger partial charge in [-0.3, -0.25) is 10.1 Å². The van der Waals surface area contributed by atoms with Crippen molar-refractivity contribution in [2.45, 2.75) is 20.0 Å². The van der Waals surface area contributed by atoms with Crippen LogP contribution in [0.3, 0.4) is 0 Å². The van der Waals surface area contributed by atoms with Gasteiger partial charge in [0.1, 0.15) is 10.6 Å². The van der Waals surface area contributed by atoms with Crippen LogP contribution in [0.1, 0.15) is 21.5 Å². The Hall–Kier alpha value is -3.26. The van der Waals surface area contributed by atoms with Gasteiger partial charge in [-0.1, -0.05) is 12.1 Å². The second-order valence-electron chi connectivity index (χ2n) is 5.92. The van der Waals surface area contributed by atoms with Crippen LogP contribution in [-0.4, -0.2) is 35.1 Å². The lowest BCUT2D eigenvalue weighted by atomic mass is 10.1. The maximum atomic E-state index is 12.5. The van der Waals surface area contributed by atoms with Gasteiger partial charge in [0.05, 0.1) is 7.11 Å². The molecule has 0 saturated carbocycles. The summed E-state index contributed by atoms with van der Waals surface area (Å²) in [6.07, 6.45) is 2.03. The molecule has 0 saturated heterocycles. The fourth-order valence-corrected chi connectivity index (χ4v) is 3.41. The highest BCUT2D eigenvalue weighted by Crippen LogP contribution is 2.32. The van der Waals surface area contributed by atoms with Gasteiger partial charge in [0.2, 0.25) is 5.95 Å². The lowest BCUT2D eigenvalue weighted by molar-refractivity contribution is -0.123. The van der Waals surface area contributed by atoms with Crippen LogP contribution in [-0.2, 0) is 9.53 Å². The number of carbonyl (C=O) groups excluding carboxylic acids is 2. The molecule has 0 fully saturated rings. The standard InChI is InChI=1S/C20H19N3O4S/c1-12(18(24)23-20-21-9-4-10-22-20)27-19(25)17-11-16(13(2)28-17)14-5-7-15(26-3)8-6-14/h4-12H,1-3H3,(H,21,22,23,24). The van der Waals surface area contributed by atoms with Gasteiger partial charge in [-0.25, -0.2) is 14.8 Å². The van der Waals surface area contributed by atoms with E-state index in [1.165, 1.54) is 30.7 Å². The lowest BCUT2D eigenvalue weighted by Crippen LogP contribution is -2.30. The lowest BCUT2D eigenvalue weighted by Gasteiger charge is -2.11. The normalized spacial score (nSPS) is 11.5. The van der Waals surface area contributed by atoms with Gasteiger partial charge in [0.25, 0.3) is 5.91 Å². The number of hydrogen-bond donors (Lipinski definition) is 1. The van der Waals surface area contributed by atoms with Gasteiger partial charge >= 0.3 is 5.97 Å². The molecule has 0 bridgehead atoms. The number of aromatic nitrogens is 2. The van der Waals surface area contributed by atoms with E-state index in [1.54, 1.807) is 19.2 Å². The van der Waals surface area contributed by atoms with E-state index < -0.39 is 18.0 Å². The monoisotopic (exact) mass is 397 g/mol. The second kappa shape index (κ2) is 8.62. The number of thiophene rings is 1. The third-order valence-electron chi connectivity index (χ3n) is 3.97. The number of anilines is 1. The van der Waals surface area contributed by atoms with Gasteiger partial charge in [-0.2, -0.15) is 0 Å². The molecule has 3 rings (SSSR count). The van der Waals surface area contributed by atoms with Crippen LogP contribution in [0.2, 0.25) is 0 Å². The summed E-state index contributed by atoms with van der Waals surface area (Å²) in [6.45, 7) is 3.44. The summed E-state index contributed by atoms with van der Waals surface area (Å²) < 4.78 is 10.5. The number of nitrogens with one attached hydrogen (secondary N) is 1. The summed E-state index contributed by atoms with van der Waals surface area (Å²) in [6, 6.07) is 11.0. The van der Waals surface area contributed by atoms with Crippen molar-refractivity contribution in [2.75, 3.05) is 12.4 Å². The number of ether oxygens (including phenoxy) is 2. The number of hydrogen-bond acceptors (Lipinski definition) is 7.